The lowest BCUT2D eigenvalue weighted by Gasteiger charge is -2.14. The summed E-state index contributed by atoms with van der Waals surface area (Å²) in [7, 11) is -2.22. The SMILES string of the molecule is COC(C)CNS(=O)(=O)c1ccc(Cl)c(CCl)c1Cl. The van der Waals surface area contributed by atoms with Crippen LogP contribution < -0.4 is 4.72 Å². The van der Waals surface area contributed by atoms with E-state index in [4.69, 9.17) is 39.5 Å². The van der Waals surface area contributed by atoms with E-state index >= 15 is 0 Å². The van der Waals surface area contributed by atoms with Crippen LogP contribution >= 0.6 is 34.8 Å². The minimum absolute atomic E-state index is 0.0372. The molecule has 1 aromatic rings. The molecular formula is C11H14Cl3NO3S. The molecule has 0 bridgehead atoms. The van der Waals surface area contributed by atoms with Crippen LogP contribution in [0.15, 0.2) is 17.0 Å². The largest absolute Gasteiger partial charge is 0.380 e. The maximum absolute atomic E-state index is 12.1. The highest BCUT2D eigenvalue weighted by Gasteiger charge is 2.21. The lowest BCUT2D eigenvalue weighted by Crippen LogP contribution is -2.31. The highest BCUT2D eigenvalue weighted by molar-refractivity contribution is 7.89. The molecule has 8 heteroatoms. The van der Waals surface area contributed by atoms with Gasteiger partial charge in [-0.05, 0) is 19.1 Å². The van der Waals surface area contributed by atoms with Crippen LogP contribution in [0.5, 0.6) is 0 Å². The average molecular weight is 347 g/mol. The van der Waals surface area contributed by atoms with Gasteiger partial charge in [-0.2, -0.15) is 0 Å². The first-order valence-corrected chi connectivity index (χ1v) is 8.16. The minimum Gasteiger partial charge on any atom is -0.380 e. The molecule has 0 fully saturated rings. The number of nitrogens with one attached hydrogen (secondary N) is 1. The van der Waals surface area contributed by atoms with Crippen LogP contribution in [-0.2, 0) is 20.6 Å². The summed E-state index contributed by atoms with van der Waals surface area (Å²) in [5.41, 5.74) is 0.396. The maximum Gasteiger partial charge on any atom is 0.242 e. The Morgan fingerprint density at radius 1 is 1.37 bits per heavy atom. The van der Waals surface area contributed by atoms with Crippen LogP contribution in [0.1, 0.15) is 12.5 Å². The smallest absolute Gasteiger partial charge is 0.242 e. The van der Waals surface area contributed by atoms with Crippen LogP contribution in [0.25, 0.3) is 0 Å². The van der Waals surface area contributed by atoms with Crippen molar-refractivity contribution >= 4 is 44.8 Å². The van der Waals surface area contributed by atoms with Gasteiger partial charge in [0, 0.05) is 24.2 Å². The number of hydrogen-bond donors (Lipinski definition) is 1. The van der Waals surface area contributed by atoms with E-state index in [1.165, 1.54) is 19.2 Å². The summed E-state index contributed by atoms with van der Waals surface area (Å²) in [6.07, 6.45) is -0.242. The van der Waals surface area contributed by atoms with Crippen molar-refractivity contribution in [1.29, 1.82) is 0 Å². The number of methoxy groups -OCH3 is 1. The molecule has 19 heavy (non-hydrogen) atoms. The summed E-state index contributed by atoms with van der Waals surface area (Å²) in [5, 5.41) is 0.379. The van der Waals surface area contributed by atoms with Crippen molar-refractivity contribution in [2.24, 2.45) is 0 Å². The number of alkyl halides is 1. The number of ether oxygens (including phenoxy) is 1. The van der Waals surface area contributed by atoms with Gasteiger partial charge in [0.1, 0.15) is 4.90 Å². The summed E-state index contributed by atoms with van der Waals surface area (Å²) in [6, 6.07) is 2.81. The Kier molecular flexibility index (Phi) is 6.36. The van der Waals surface area contributed by atoms with Crippen LogP contribution in [0.4, 0.5) is 0 Å². The minimum atomic E-state index is -3.72. The predicted octanol–water partition coefficient (Wildman–Crippen LogP) is 3.05. The van der Waals surface area contributed by atoms with E-state index in [9.17, 15) is 8.42 Å². The molecule has 108 valence electrons. The second-order valence-corrected chi connectivity index (χ2v) is 6.66. The molecule has 0 aliphatic heterocycles. The average Bonchev–Trinajstić information content (AvgIpc) is 2.36. The zero-order valence-corrected chi connectivity index (χ0v) is 13.5. The molecule has 0 heterocycles. The number of benzene rings is 1. The number of sulfonamides is 1. The van der Waals surface area contributed by atoms with E-state index in [2.05, 4.69) is 4.72 Å². The van der Waals surface area contributed by atoms with Crippen molar-refractivity contribution in [3.8, 4) is 0 Å². The molecule has 1 rings (SSSR count). The van der Waals surface area contributed by atoms with Gasteiger partial charge in [0.05, 0.1) is 17.0 Å². The van der Waals surface area contributed by atoms with Crippen molar-refractivity contribution in [2.45, 2.75) is 23.8 Å². The molecule has 0 saturated heterocycles. The van der Waals surface area contributed by atoms with Gasteiger partial charge in [0.15, 0.2) is 0 Å². The third kappa shape index (κ3) is 4.21. The monoisotopic (exact) mass is 345 g/mol. The molecule has 0 saturated carbocycles. The van der Waals surface area contributed by atoms with Crippen LogP contribution in [-0.4, -0.2) is 28.2 Å². The van der Waals surface area contributed by atoms with E-state index in [1.807, 2.05) is 0 Å². The number of halogens is 3. The van der Waals surface area contributed by atoms with Gasteiger partial charge in [-0.15, -0.1) is 11.6 Å². The Hall–Kier alpha value is -0.0400. The lowest BCUT2D eigenvalue weighted by molar-refractivity contribution is 0.122. The highest BCUT2D eigenvalue weighted by Crippen LogP contribution is 2.32. The Labute approximate surface area is 128 Å². The number of hydrogen-bond acceptors (Lipinski definition) is 3. The van der Waals surface area contributed by atoms with Gasteiger partial charge in [-0.25, -0.2) is 13.1 Å². The first kappa shape index (κ1) is 17.0. The Bertz CT molecular complexity index is 548. The lowest BCUT2D eigenvalue weighted by atomic mass is 10.2. The maximum atomic E-state index is 12.1. The topological polar surface area (TPSA) is 55.4 Å². The summed E-state index contributed by atoms with van der Waals surface area (Å²) in [4.78, 5) is -0.0440. The predicted molar refractivity (Wildman–Crippen MR) is 77.7 cm³/mol. The van der Waals surface area contributed by atoms with Gasteiger partial charge in [-0.1, -0.05) is 23.2 Å². The van der Waals surface area contributed by atoms with Crippen LogP contribution in [0.3, 0.4) is 0 Å². The molecule has 0 radical (unpaired) electrons. The Morgan fingerprint density at radius 2 is 2.00 bits per heavy atom. The molecule has 4 nitrogen and oxygen atoms in total. The molecule has 0 aliphatic rings. The van der Waals surface area contributed by atoms with Gasteiger partial charge >= 0.3 is 0 Å². The van der Waals surface area contributed by atoms with E-state index in [0.717, 1.165) is 0 Å². The summed E-state index contributed by atoms with van der Waals surface area (Å²) >= 11 is 17.6. The standard InChI is InChI=1S/C11H14Cl3NO3S/c1-7(18-2)6-15-19(16,17)10-4-3-9(13)8(5-12)11(10)14/h3-4,7,15H,5-6H2,1-2H3. The zero-order chi connectivity index (χ0) is 14.6. The molecule has 0 spiro atoms. The first-order valence-electron chi connectivity index (χ1n) is 5.38. The second-order valence-electron chi connectivity index (χ2n) is 3.87. The van der Waals surface area contributed by atoms with E-state index < -0.39 is 10.0 Å². The van der Waals surface area contributed by atoms with Crippen molar-refractivity contribution in [1.82, 2.24) is 4.72 Å². The van der Waals surface area contributed by atoms with Gasteiger partial charge in [0.25, 0.3) is 0 Å². The van der Waals surface area contributed by atoms with Crippen LogP contribution in [0.2, 0.25) is 10.0 Å². The van der Waals surface area contributed by atoms with Gasteiger partial charge < -0.3 is 4.74 Å². The van der Waals surface area contributed by atoms with Crippen molar-refractivity contribution in [3.63, 3.8) is 0 Å². The summed E-state index contributed by atoms with van der Waals surface area (Å²) in [6.45, 7) is 1.89. The molecule has 0 amide bonds. The molecule has 1 N–H and O–H groups in total. The van der Waals surface area contributed by atoms with E-state index in [0.29, 0.717) is 10.6 Å². The number of rotatable bonds is 6. The molecule has 0 aliphatic carbocycles. The normalized spacial score (nSPS) is 13.5. The Morgan fingerprint density at radius 3 is 2.53 bits per heavy atom. The second kappa shape index (κ2) is 7.11. The fraction of sp³-hybridized carbons (Fsp3) is 0.455. The highest BCUT2D eigenvalue weighted by atomic mass is 35.5. The molecular weight excluding hydrogens is 333 g/mol. The van der Waals surface area contributed by atoms with E-state index in [-0.39, 0.29) is 28.4 Å². The zero-order valence-electron chi connectivity index (χ0n) is 10.4. The van der Waals surface area contributed by atoms with E-state index in [1.54, 1.807) is 6.92 Å². The summed E-state index contributed by atoms with van der Waals surface area (Å²) < 4.78 is 31.6. The third-order valence-electron chi connectivity index (χ3n) is 2.54. The van der Waals surface area contributed by atoms with Crippen molar-refractivity contribution in [2.75, 3.05) is 13.7 Å². The summed E-state index contributed by atoms with van der Waals surface area (Å²) in [5.74, 6) is 0.0372. The third-order valence-corrected chi connectivity index (χ3v) is 5.17. The fourth-order valence-electron chi connectivity index (χ4n) is 1.29. The van der Waals surface area contributed by atoms with Gasteiger partial charge in [-0.3, -0.25) is 0 Å². The van der Waals surface area contributed by atoms with Crippen molar-refractivity contribution < 1.29 is 13.2 Å². The molecule has 1 atom stereocenters. The molecule has 0 aromatic heterocycles. The van der Waals surface area contributed by atoms with Crippen molar-refractivity contribution in [3.05, 3.63) is 27.7 Å². The Balaban J connectivity index is 3.09. The van der Waals surface area contributed by atoms with Crippen LogP contribution in [0, 0.1) is 0 Å². The van der Waals surface area contributed by atoms with Gasteiger partial charge in [0.2, 0.25) is 10.0 Å². The quantitative estimate of drug-likeness (QED) is 0.806. The molecule has 1 unspecified atom stereocenters. The first-order chi connectivity index (χ1) is 8.83. The molecule has 1 aromatic carbocycles. The fourth-order valence-corrected chi connectivity index (χ4v) is 3.73.